The van der Waals surface area contributed by atoms with Crippen LogP contribution in [0.3, 0.4) is 0 Å². The third kappa shape index (κ3) is 3.57. The molecular formula is C13H19Cl2N. The standard InChI is InChI=1S/C13H19Cl2N/c1-4-16(9-10(2)3)13-6-5-11(8-14)7-12(13)15/h5-7,10H,4,8-9H2,1-3H3. The van der Waals surface area contributed by atoms with E-state index in [0.717, 1.165) is 29.4 Å². The number of hydrogen-bond acceptors (Lipinski definition) is 1. The van der Waals surface area contributed by atoms with Gasteiger partial charge in [0, 0.05) is 19.0 Å². The van der Waals surface area contributed by atoms with Crippen molar-refractivity contribution < 1.29 is 0 Å². The van der Waals surface area contributed by atoms with E-state index in [2.05, 4.69) is 31.7 Å². The Hall–Kier alpha value is -0.400. The molecule has 0 spiro atoms. The van der Waals surface area contributed by atoms with Crippen molar-refractivity contribution in [3.63, 3.8) is 0 Å². The van der Waals surface area contributed by atoms with Crippen molar-refractivity contribution in [3.8, 4) is 0 Å². The van der Waals surface area contributed by atoms with Crippen molar-refractivity contribution in [2.24, 2.45) is 5.92 Å². The smallest absolute Gasteiger partial charge is 0.0642 e. The quantitative estimate of drug-likeness (QED) is 0.701. The van der Waals surface area contributed by atoms with Gasteiger partial charge in [-0.1, -0.05) is 31.5 Å². The summed E-state index contributed by atoms with van der Waals surface area (Å²) in [6.07, 6.45) is 0. The van der Waals surface area contributed by atoms with Crippen LogP contribution in [0.1, 0.15) is 26.3 Å². The van der Waals surface area contributed by atoms with Gasteiger partial charge in [0.25, 0.3) is 0 Å². The maximum atomic E-state index is 6.26. The summed E-state index contributed by atoms with van der Waals surface area (Å²) >= 11 is 12.0. The fourth-order valence-electron chi connectivity index (χ4n) is 1.73. The predicted molar refractivity (Wildman–Crippen MR) is 73.7 cm³/mol. The molecule has 1 rings (SSSR count). The van der Waals surface area contributed by atoms with Crippen LogP contribution < -0.4 is 4.90 Å². The summed E-state index contributed by atoms with van der Waals surface area (Å²) in [5.74, 6) is 1.14. The van der Waals surface area contributed by atoms with Crippen LogP contribution in [0.4, 0.5) is 5.69 Å². The third-order valence-electron chi connectivity index (χ3n) is 2.47. The minimum absolute atomic E-state index is 0.510. The minimum Gasteiger partial charge on any atom is -0.370 e. The van der Waals surface area contributed by atoms with E-state index in [0.29, 0.717) is 11.8 Å². The predicted octanol–water partition coefficient (Wildman–Crippen LogP) is 4.56. The van der Waals surface area contributed by atoms with E-state index in [4.69, 9.17) is 23.2 Å². The van der Waals surface area contributed by atoms with E-state index >= 15 is 0 Å². The third-order valence-corrected chi connectivity index (χ3v) is 3.09. The molecule has 0 aliphatic rings. The van der Waals surface area contributed by atoms with Gasteiger partial charge in [-0.25, -0.2) is 0 Å². The van der Waals surface area contributed by atoms with Gasteiger partial charge in [-0.15, -0.1) is 11.6 Å². The van der Waals surface area contributed by atoms with Gasteiger partial charge in [-0.05, 0) is 30.5 Å². The fraction of sp³-hybridized carbons (Fsp3) is 0.538. The molecule has 0 saturated carbocycles. The van der Waals surface area contributed by atoms with Gasteiger partial charge in [0.2, 0.25) is 0 Å². The largest absolute Gasteiger partial charge is 0.370 e. The Kier molecular flexibility index (Phi) is 5.43. The van der Waals surface area contributed by atoms with Crippen LogP contribution in [0.15, 0.2) is 18.2 Å². The first-order chi connectivity index (χ1) is 7.58. The van der Waals surface area contributed by atoms with Crippen LogP contribution in [-0.4, -0.2) is 13.1 Å². The molecule has 0 heterocycles. The first-order valence-corrected chi connectivity index (χ1v) is 6.59. The molecule has 3 heteroatoms. The normalized spacial score (nSPS) is 10.9. The molecule has 0 aliphatic carbocycles. The number of benzene rings is 1. The second-order valence-electron chi connectivity index (χ2n) is 4.35. The Labute approximate surface area is 108 Å². The monoisotopic (exact) mass is 259 g/mol. The molecule has 0 unspecified atom stereocenters. The Morgan fingerprint density at radius 3 is 2.44 bits per heavy atom. The van der Waals surface area contributed by atoms with Crippen LogP contribution in [-0.2, 0) is 5.88 Å². The van der Waals surface area contributed by atoms with E-state index in [1.165, 1.54) is 0 Å². The molecule has 0 N–H and O–H groups in total. The lowest BCUT2D eigenvalue weighted by atomic mass is 10.1. The molecule has 0 amide bonds. The lowest BCUT2D eigenvalue weighted by molar-refractivity contribution is 0.619. The van der Waals surface area contributed by atoms with Gasteiger partial charge in [-0.2, -0.15) is 0 Å². The first-order valence-electron chi connectivity index (χ1n) is 5.67. The molecule has 1 aromatic carbocycles. The zero-order valence-electron chi connectivity index (χ0n) is 10.1. The fourth-order valence-corrected chi connectivity index (χ4v) is 2.22. The minimum atomic E-state index is 0.510. The van der Waals surface area contributed by atoms with E-state index in [1.54, 1.807) is 0 Å². The summed E-state index contributed by atoms with van der Waals surface area (Å²) in [6, 6.07) is 6.05. The molecule has 0 atom stereocenters. The second kappa shape index (κ2) is 6.36. The van der Waals surface area contributed by atoms with Crippen molar-refractivity contribution in [2.45, 2.75) is 26.7 Å². The van der Waals surface area contributed by atoms with Gasteiger partial charge in [0.1, 0.15) is 0 Å². The molecule has 0 fully saturated rings. The molecule has 0 aliphatic heterocycles. The van der Waals surface area contributed by atoms with E-state index in [9.17, 15) is 0 Å². The Balaban J connectivity index is 2.92. The summed E-state index contributed by atoms with van der Waals surface area (Å²) in [4.78, 5) is 2.30. The summed E-state index contributed by atoms with van der Waals surface area (Å²) in [5, 5.41) is 0.792. The number of nitrogens with zero attached hydrogens (tertiary/aromatic N) is 1. The van der Waals surface area contributed by atoms with E-state index < -0.39 is 0 Å². The van der Waals surface area contributed by atoms with E-state index in [1.807, 2.05) is 12.1 Å². The molecule has 90 valence electrons. The van der Waals surface area contributed by atoms with Crippen LogP contribution in [0.25, 0.3) is 0 Å². The molecular weight excluding hydrogens is 241 g/mol. The highest BCUT2D eigenvalue weighted by Gasteiger charge is 2.10. The molecule has 0 aromatic heterocycles. The Bertz CT molecular complexity index is 337. The maximum Gasteiger partial charge on any atom is 0.0642 e. The van der Waals surface area contributed by atoms with Gasteiger partial charge in [0.05, 0.1) is 10.7 Å². The molecule has 16 heavy (non-hydrogen) atoms. The zero-order chi connectivity index (χ0) is 12.1. The van der Waals surface area contributed by atoms with Gasteiger partial charge in [0.15, 0.2) is 0 Å². The van der Waals surface area contributed by atoms with Crippen molar-refractivity contribution in [3.05, 3.63) is 28.8 Å². The number of halogens is 2. The highest BCUT2D eigenvalue weighted by molar-refractivity contribution is 6.33. The number of anilines is 1. The number of hydrogen-bond donors (Lipinski definition) is 0. The Morgan fingerprint density at radius 2 is 2.00 bits per heavy atom. The molecule has 0 radical (unpaired) electrons. The second-order valence-corrected chi connectivity index (χ2v) is 5.03. The SMILES string of the molecule is CCN(CC(C)C)c1ccc(CCl)cc1Cl. The topological polar surface area (TPSA) is 3.24 Å². The molecule has 0 saturated heterocycles. The van der Waals surface area contributed by atoms with Crippen LogP contribution >= 0.6 is 23.2 Å². The van der Waals surface area contributed by atoms with Crippen molar-refractivity contribution >= 4 is 28.9 Å². The summed E-state index contributed by atoms with van der Waals surface area (Å²) in [6.45, 7) is 8.57. The first kappa shape index (κ1) is 13.7. The average Bonchev–Trinajstić information content (AvgIpc) is 2.25. The number of alkyl halides is 1. The van der Waals surface area contributed by atoms with Crippen LogP contribution in [0.5, 0.6) is 0 Å². The average molecular weight is 260 g/mol. The zero-order valence-corrected chi connectivity index (χ0v) is 11.6. The molecule has 0 bridgehead atoms. The van der Waals surface area contributed by atoms with Crippen LogP contribution in [0, 0.1) is 5.92 Å². The summed E-state index contributed by atoms with van der Waals surface area (Å²) < 4.78 is 0. The van der Waals surface area contributed by atoms with E-state index in [-0.39, 0.29) is 0 Å². The highest BCUT2D eigenvalue weighted by atomic mass is 35.5. The van der Waals surface area contributed by atoms with Crippen LogP contribution in [0.2, 0.25) is 5.02 Å². The number of rotatable bonds is 5. The molecule has 1 aromatic rings. The van der Waals surface area contributed by atoms with Crippen molar-refractivity contribution in [1.82, 2.24) is 0 Å². The maximum absolute atomic E-state index is 6.26. The summed E-state index contributed by atoms with van der Waals surface area (Å²) in [5.41, 5.74) is 2.17. The highest BCUT2D eigenvalue weighted by Crippen LogP contribution is 2.28. The Morgan fingerprint density at radius 1 is 1.31 bits per heavy atom. The van der Waals surface area contributed by atoms with Crippen molar-refractivity contribution in [2.75, 3.05) is 18.0 Å². The summed E-state index contributed by atoms with van der Waals surface area (Å²) in [7, 11) is 0. The lowest BCUT2D eigenvalue weighted by Crippen LogP contribution is -2.27. The van der Waals surface area contributed by atoms with Gasteiger partial charge in [-0.3, -0.25) is 0 Å². The lowest BCUT2D eigenvalue weighted by Gasteiger charge is -2.26. The van der Waals surface area contributed by atoms with Gasteiger partial charge >= 0.3 is 0 Å². The van der Waals surface area contributed by atoms with Crippen molar-refractivity contribution in [1.29, 1.82) is 0 Å². The van der Waals surface area contributed by atoms with Gasteiger partial charge < -0.3 is 4.90 Å². The molecule has 1 nitrogen and oxygen atoms in total.